The first-order valence-corrected chi connectivity index (χ1v) is 8.92. The lowest BCUT2D eigenvalue weighted by atomic mass is 10.2. The number of thioether (sulfide) groups is 1. The van der Waals surface area contributed by atoms with Crippen molar-refractivity contribution >= 4 is 51.5 Å². The molecule has 7 heteroatoms. The number of carbonyl (C=O) groups is 1. The number of benzene rings is 1. The highest BCUT2D eigenvalue weighted by molar-refractivity contribution is 8.24. The molecule has 0 radical (unpaired) electrons. The Morgan fingerprint density at radius 3 is 2.64 bits per heavy atom. The molecule has 0 unspecified atom stereocenters. The first-order chi connectivity index (χ1) is 10.5. The number of hydrogen-bond acceptors (Lipinski definition) is 5. The zero-order valence-electron chi connectivity index (χ0n) is 12.4. The largest absolute Gasteiger partial charge is 0.369 e. The van der Waals surface area contributed by atoms with Crippen molar-refractivity contribution < 1.29 is 4.79 Å². The van der Waals surface area contributed by atoms with Crippen LogP contribution in [0.2, 0.25) is 5.02 Å². The molecule has 0 saturated carbocycles. The van der Waals surface area contributed by atoms with E-state index in [1.165, 1.54) is 17.4 Å². The Hall–Kier alpha value is -0.820. The normalized spacial score (nSPS) is 23.5. The lowest BCUT2D eigenvalue weighted by molar-refractivity contribution is -0.125. The van der Waals surface area contributed by atoms with Gasteiger partial charge >= 0.3 is 0 Å². The van der Waals surface area contributed by atoms with Crippen molar-refractivity contribution in [2.24, 2.45) is 0 Å². The number of piperazine rings is 1. The Kier molecular flexibility index (Phi) is 4.92. The smallest absolute Gasteiger partial charge is 0.242 e. The Labute approximate surface area is 145 Å². The van der Waals surface area contributed by atoms with E-state index in [0.29, 0.717) is 4.32 Å². The van der Waals surface area contributed by atoms with Crippen molar-refractivity contribution in [1.29, 1.82) is 0 Å². The van der Waals surface area contributed by atoms with E-state index in [-0.39, 0.29) is 11.2 Å². The molecule has 1 aromatic rings. The summed E-state index contributed by atoms with van der Waals surface area (Å²) >= 11 is 12.8. The quantitative estimate of drug-likeness (QED) is 0.775. The first kappa shape index (κ1) is 16.1. The van der Waals surface area contributed by atoms with E-state index in [2.05, 4.69) is 15.9 Å². The number of nitrogens with zero attached hydrogens (tertiary/aromatic N) is 3. The standard InChI is InChI=1S/C15H18ClN3OS2/c1-17-14(20)13(22-15(17)21)10-18-5-7-19(8-6-18)12-4-2-3-11(16)9-12/h2-4,9,13H,5-8,10H2,1H3/t13-/m0/s1. The minimum absolute atomic E-state index is 0.0461. The van der Waals surface area contributed by atoms with Crippen LogP contribution in [0.25, 0.3) is 0 Å². The van der Waals surface area contributed by atoms with Crippen LogP contribution >= 0.6 is 35.6 Å². The highest BCUT2D eigenvalue weighted by atomic mass is 35.5. The average Bonchev–Trinajstić information content (AvgIpc) is 2.75. The molecule has 0 aromatic heterocycles. The number of rotatable bonds is 3. The topological polar surface area (TPSA) is 26.8 Å². The summed E-state index contributed by atoms with van der Waals surface area (Å²) < 4.78 is 0.688. The number of thiocarbonyl (C=S) groups is 1. The molecule has 0 bridgehead atoms. The Balaban J connectivity index is 1.54. The summed E-state index contributed by atoms with van der Waals surface area (Å²) in [5, 5.41) is 0.722. The molecular formula is C15H18ClN3OS2. The fourth-order valence-electron chi connectivity index (χ4n) is 2.77. The van der Waals surface area contributed by atoms with Crippen LogP contribution in [0.1, 0.15) is 0 Å². The van der Waals surface area contributed by atoms with Gasteiger partial charge in [-0.15, -0.1) is 0 Å². The molecule has 0 aliphatic carbocycles. The van der Waals surface area contributed by atoms with Gasteiger partial charge in [-0.3, -0.25) is 14.6 Å². The number of carbonyl (C=O) groups excluding carboxylic acids is 1. The van der Waals surface area contributed by atoms with Crippen LogP contribution in [0.15, 0.2) is 24.3 Å². The summed E-state index contributed by atoms with van der Waals surface area (Å²) in [6.07, 6.45) is 0. The number of hydrogen-bond donors (Lipinski definition) is 0. The van der Waals surface area contributed by atoms with Gasteiger partial charge in [-0.1, -0.05) is 41.6 Å². The third-order valence-electron chi connectivity index (χ3n) is 4.09. The van der Waals surface area contributed by atoms with Gasteiger partial charge in [-0.2, -0.15) is 0 Å². The molecule has 2 fully saturated rings. The number of amides is 1. The van der Waals surface area contributed by atoms with Gasteiger partial charge in [0.15, 0.2) is 0 Å². The second-order valence-electron chi connectivity index (χ2n) is 5.54. The van der Waals surface area contributed by atoms with Crippen LogP contribution in [-0.2, 0) is 4.79 Å². The van der Waals surface area contributed by atoms with E-state index in [9.17, 15) is 4.79 Å². The van der Waals surface area contributed by atoms with Gasteiger partial charge in [-0.25, -0.2) is 0 Å². The van der Waals surface area contributed by atoms with Crippen LogP contribution in [-0.4, -0.2) is 65.0 Å². The maximum absolute atomic E-state index is 12.1. The summed E-state index contributed by atoms with van der Waals surface area (Å²) in [5.74, 6) is 0.132. The molecule has 0 N–H and O–H groups in total. The van der Waals surface area contributed by atoms with Crippen molar-refractivity contribution in [2.75, 3.05) is 44.7 Å². The highest BCUT2D eigenvalue weighted by Gasteiger charge is 2.35. The lowest BCUT2D eigenvalue weighted by Gasteiger charge is -2.36. The molecule has 1 aromatic carbocycles. The molecule has 118 valence electrons. The summed E-state index contributed by atoms with van der Waals surface area (Å²) in [5.41, 5.74) is 1.17. The molecular weight excluding hydrogens is 338 g/mol. The van der Waals surface area contributed by atoms with Crippen LogP contribution in [0.4, 0.5) is 5.69 Å². The van der Waals surface area contributed by atoms with Crippen molar-refractivity contribution in [3.8, 4) is 0 Å². The van der Waals surface area contributed by atoms with Crippen molar-refractivity contribution in [3.63, 3.8) is 0 Å². The SMILES string of the molecule is CN1C(=O)[C@H](CN2CCN(c3cccc(Cl)c3)CC2)SC1=S. The van der Waals surface area contributed by atoms with Crippen molar-refractivity contribution in [1.82, 2.24) is 9.80 Å². The zero-order chi connectivity index (χ0) is 15.7. The van der Waals surface area contributed by atoms with Crippen LogP contribution in [0.3, 0.4) is 0 Å². The molecule has 2 heterocycles. The summed E-state index contributed by atoms with van der Waals surface area (Å²) in [7, 11) is 1.76. The van der Waals surface area contributed by atoms with E-state index in [1.807, 2.05) is 18.2 Å². The predicted octanol–water partition coefficient (Wildman–Crippen LogP) is 2.32. The lowest BCUT2D eigenvalue weighted by Crippen LogP contribution is -2.49. The number of anilines is 1. The Morgan fingerprint density at radius 1 is 1.32 bits per heavy atom. The van der Waals surface area contributed by atoms with E-state index in [4.69, 9.17) is 23.8 Å². The molecule has 2 aliphatic rings. The minimum atomic E-state index is -0.0461. The third-order valence-corrected chi connectivity index (χ3v) is 6.00. The molecule has 1 atom stereocenters. The van der Waals surface area contributed by atoms with E-state index >= 15 is 0 Å². The Bertz CT molecular complexity index is 590. The highest BCUT2D eigenvalue weighted by Crippen LogP contribution is 2.27. The van der Waals surface area contributed by atoms with Crippen LogP contribution in [0, 0.1) is 0 Å². The van der Waals surface area contributed by atoms with Crippen LogP contribution in [0.5, 0.6) is 0 Å². The van der Waals surface area contributed by atoms with Gasteiger partial charge in [-0.05, 0) is 18.2 Å². The Morgan fingerprint density at radius 2 is 2.05 bits per heavy atom. The van der Waals surface area contributed by atoms with Crippen molar-refractivity contribution in [2.45, 2.75) is 5.25 Å². The maximum atomic E-state index is 12.1. The minimum Gasteiger partial charge on any atom is -0.369 e. The van der Waals surface area contributed by atoms with E-state index in [1.54, 1.807) is 11.9 Å². The molecule has 4 nitrogen and oxygen atoms in total. The van der Waals surface area contributed by atoms with E-state index in [0.717, 1.165) is 37.7 Å². The second kappa shape index (κ2) is 6.74. The molecule has 0 spiro atoms. The van der Waals surface area contributed by atoms with Crippen LogP contribution < -0.4 is 4.90 Å². The molecule has 3 rings (SSSR count). The van der Waals surface area contributed by atoms with Crippen molar-refractivity contribution in [3.05, 3.63) is 29.3 Å². The molecule has 2 aliphatic heterocycles. The second-order valence-corrected chi connectivity index (χ2v) is 7.81. The predicted molar refractivity (Wildman–Crippen MR) is 96.9 cm³/mol. The van der Waals surface area contributed by atoms with Gasteiger partial charge in [0, 0.05) is 50.5 Å². The van der Waals surface area contributed by atoms with Gasteiger partial charge in [0.05, 0.1) is 0 Å². The summed E-state index contributed by atoms with van der Waals surface area (Å²) in [6, 6.07) is 7.96. The fraction of sp³-hybridized carbons (Fsp3) is 0.467. The fourth-order valence-corrected chi connectivity index (χ4v) is 4.43. The first-order valence-electron chi connectivity index (χ1n) is 7.25. The summed E-state index contributed by atoms with van der Waals surface area (Å²) in [4.78, 5) is 18.4. The maximum Gasteiger partial charge on any atom is 0.242 e. The zero-order valence-corrected chi connectivity index (χ0v) is 14.8. The summed E-state index contributed by atoms with van der Waals surface area (Å²) in [6.45, 7) is 4.58. The molecule has 1 amide bonds. The monoisotopic (exact) mass is 355 g/mol. The number of halogens is 1. The average molecular weight is 356 g/mol. The molecule has 22 heavy (non-hydrogen) atoms. The van der Waals surface area contributed by atoms with E-state index < -0.39 is 0 Å². The third kappa shape index (κ3) is 3.40. The van der Waals surface area contributed by atoms with Gasteiger partial charge < -0.3 is 4.90 Å². The van der Waals surface area contributed by atoms with Gasteiger partial charge in [0.1, 0.15) is 9.57 Å². The van der Waals surface area contributed by atoms with Gasteiger partial charge in [0.2, 0.25) is 5.91 Å². The van der Waals surface area contributed by atoms with Gasteiger partial charge in [0.25, 0.3) is 0 Å². The molecule has 2 saturated heterocycles.